The van der Waals surface area contributed by atoms with Gasteiger partial charge in [0.05, 0.1) is 0 Å². The molecular weight excluding hydrogens is 178 g/mol. The lowest BCUT2D eigenvalue weighted by Crippen LogP contribution is -2.48. The number of hydrogen-bond acceptors (Lipinski definition) is 3. The molecule has 0 bridgehead atoms. The molecule has 82 valence electrons. The zero-order valence-corrected chi connectivity index (χ0v) is 9.58. The van der Waals surface area contributed by atoms with Crippen molar-refractivity contribution >= 4 is 5.91 Å². The van der Waals surface area contributed by atoms with Crippen LogP contribution in [0.5, 0.6) is 0 Å². The number of nitrogens with one attached hydrogen (secondary N) is 1. The number of amides is 1. The van der Waals surface area contributed by atoms with Crippen LogP contribution in [0, 0.1) is 5.92 Å². The Morgan fingerprint density at radius 1 is 1.43 bits per heavy atom. The maximum atomic E-state index is 11.9. The van der Waals surface area contributed by atoms with Gasteiger partial charge in [0.25, 0.3) is 0 Å². The van der Waals surface area contributed by atoms with E-state index in [1.54, 1.807) is 0 Å². The van der Waals surface area contributed by atoms with Crippen molar-refractivity contribution in [3.63, 3.8) is 0 Å². The number of carbonyl (C=O) groups excluding carboxylic acids is 1. The van der Waals surface area contributed by atoms with Gasteiger partial charge in [-0.25, -0.2) is 0 Å². The van der Waals surface area contributed by atoms with Gasteiger partial charge in [-0.2, -0.15) is 0 Å². The molecule has 2 unspecified atom stereocenters. The highest BCUT2D eigenvalue weighted by atomic mass is 16.2. The van der Waals surface area contributed by atoms with Crippen molar-refractivity contribution in [2.24, 2.45) is 5.92 Å². The quantitative estimate of drug-likeness (QED) is 0.658. The Labute approximate surface area is 86.2 Å². The van der Waals surface area contributed by atoms with Gasteiger partial charge in [0.1, 0.15) is 6.04 Å². The molecule has 14 heavy (non-hydrogen) atoms. The normalized spacial score (nSPS) is 30.6. The fourth-order valence-electron chi connectivity index (χ4n) is 2.11. The van der Waals surface area contributed by atoms with Gasteiger partial charge in [0, 0.05) is 26.7 Å². The lowest BCUT2D eigenvalue weighted by atomic mass is 10.1. The molecule has 0 aliphatic carbocycles. The second-order valence-corrected chi connectivity index (χ2v) is 4.34. The predicted molar refractivity (Wildman–Crippen MR) is 57.1 cm³/mol. The zero-order valence-electron chi connectivity index (χ0n) is 9.58. The first-order chi connectivity index (χ1) is 6.56. The second kappa shape index (κ2) is 4.75. The van der Waals surface area contributed by atoms with E-state index >= 15 is 0 Å². The summed E-state index contributed by atoms with van der Waals surface area (Å²) in [5, 5.41) is 3.07. The number of likely N-dealkylation sites (N-methyl/N-ethyl adjacent to an activating group) is 3. The number of hydrogen-bond donors (Lipinski definition) is 1. The molecular formula is C10H21N3O. The molecule has 4 nitrogen and oxygen atoms in total. The summed E-state index contributed by atoms with van der Waals surface area (Å²) in [4.78, 5) is 15.9. The van der Waals surface area contributed by atoms with Crippen LogP contribution < -0.4 is 5.32 Å². The summed E-state index contributed by atoms with van der Waals surface area (Å²) < 4.78 is 0. The van der Waals surface area contributed by atoms with Crippen LogP contribution >= 0.6 is 0 Å². The minimum Gasteiger partial charge on any atom is -0.344 e. The van der Waals surface area contributed by atoms with Gasteiger partial charge in [0.2, 0.25) is 5.91 Å². The van der Waals surface area contributed by atoms with E-state index in [1.165, 1.54) is 0 Å². The van der Waals surface area contributed by atoms with Gasteiger partial charge in [-0.15, -0.1) is 0 Å². The van der Waals surface area contributed by atoms with Crippen LogP contribution in [0.2, 0.25) is 0 Å². The van der Waals surface area contributed by atoms with E-state index in [1.807, 2.05) is 26.0 Å². The predicted octanol–water partition coefficient (Wildman–Crippen LogP) is -0.386. The molecule has 1 fully saturated rings. The molecule has 1 aliphatic rings. The summed E-state index contributed by atoms with van der Waals surface area (Å²) in [6.07, 6.45) is 0. The van der Waals surface area contributed by atoms with Crippen LogP contribution in [-0.4, -0.2) is 62.5 Å². The molecule has 2 atom stereocenters. The van der Waals surface area contributed by atoms with Crippen LogP contribution in [0.4, 0.5) is 0 Å². The molecule has 0 aromatic carbocycles. The summed E-state index contributed by atoms with van der Waals surface area (Å²) in [5.41, 5.74) is 0. The SMILES string of the molecule is CNCC1C(=O)N(C)CC(C)CN1C. The van der Waals surface area contributed by atoms with E-state index in [0.29, 0.717) is 5.92 Å². The van der Waals surface area contributed by atoms with Crippen molar-refractivity contribution in [1.29, 1.82) is 0 Å². The summed E-state index contributed by atoms with van der Waals surface area (Å²) in [6, 6.07) is -0.00468. The minimum absolute atomic E-state index is 0.00468. The zero-order chi connectivity index (χ0) is 10.7. The van der Waals surface area contributed by atoms with Gasteiger partial charge in [-0.3, -0.25) is 9.69 Å². The van der Waals surface area contributed by atoms with Crippen LogP contribution in [0.25, 0.3) is 0 Å². The molecule has 1 heterocycles. The number of nitrogens with zero attached hydrogens (tertiary/aromatic N) is 2. The standard InChI is InChI=1S/C10H21N3O/c1-8-6-12(3)9(5-11-2)10(14)13(4)7-8/h8-9,11H,5-7H2,1-4H3. The number of rotatable bonds is 2. The molecule has 0 saturated carbocycles. The van der Waals surface area contributed by atoms with Crippen LogP contribution in [-0.2, 0) is 4.79 Å². The molecule has 4 heteroatoms. The fraction of sp³-hybridized carbons (Fsp3) is 0.900. The lowest BCUT2D eigenvalue weighted by molar-refractivity contribution is -0.133. The molecule has 0 aromatic rings. The Morgan fingerprint density at radius 2 is 2.07 bits per heavy atom. The van der Waals surface area contributed by atoms with E-state index < -0.39 is 0 Å². The maximum absolute atomic E-state index is 11.9. The first-order valence-electron chi connectivity index (χ1n) is 5.16. The third kappa shape index (κ3) is 2.45. The Bertz CT molecular complexity index is 208. The van der Waals surface area contributed by atoms with Crippen LogP contribution in [0.3, 0.4) is 0 Å². The van der Waals surface area contributed by atoms with Crippen molar-refractivity contribution < 1.29 is 4.79 Å². The Hall–Kier alpha value is -0.610. The van der Waals surface area contributed by atoms with E-state index in [0.717, 1.165) is 19.6 Å². The van der Waals surface area contributed by atoms with Crippen LogP contribution in [0.15, 0.2) is 0 Å². The minimum atomic E-state index is -0.00468. The summed E-state index contributed by atoms with van der Waals surface area (Å²) >= 11 is 0. The smallest absolute Gasteiger partial charge is 0.240 e. The average molecular weight is 199 g/mol. The molecule has 1 aliphatic heterocycles. The topological polar surface area (TPSA) is 35.6 Å². The maximum Gasteiger partial charge on any atom is 0.240 e. The van der Waals surface area contributed by atoms with Crippen LogP contribution in [0.1, 0.15) is 6.92 Å². The summed E-state index contributed by atoms with van der Waals surface area (Å²) in [6.45, 7) is 4.76. The molecule has 0 radical (unpaired) electrons. The fourth-order valence-corrected chi connectivity index (χ4v) is 2.11. The Kier molecular flexibility index (Phi) is 3.89. The molecule has 0 spiro atoms. The highest BCUT2D eigenvalue weighted by molar-refractivity contribution is 5.82. The first kappa shape index (κ1) is 11.5. The van der Waals surface area contributed by atoms with E-state index in [-0.39, 0.29) is 11.9 Å². The van der Waals surface area contributed by atoms with Gasteiger partial charge in [-0.1, -0.05) is 6.92 Å². The lowest BCUT2D eigenvalue weighted by Gasteiger charge is -2.25. The largest absolute Gasteiger partial charge is 0.344 e. The number of carbonyl (C=O) groups is 1. The van der Waals surface area contributed by atoms with Crippen molar-refractivity contribution in [2.45, 2.75) is 13.0 Å². The Morgan fingerprint density at radius 3 is 2.64 bits per heavy atom. The molecule has 1 amide bonds. The van der Waals surface area contributed by atoms with E-state index in [4.69, 9.17) is 0 Å². The highest BCUT2D eigenvalue weighted by Crippen LogP contribution is 2.11. The monoisotopic (exact) mass is 199 g/mol. The summed E-state index contributed by atoms with van der Waals surface area (Å²) in [7, 11) is 5.80. The van der Waals surface area contributed by atoms with E-state index in [9.17, 15) is 4.79 Å². The first-order valence-corrected chi connectivity index (χ1v) is 5.16. The van der Waals surface area contributed by atoms with Crippen molar-refractivity contribution in [2.75, 3.05) is 40.8 Å². The average Bonchev–Trinajstić information content (AvgIpc) is 2.18. The molecule has 1 rings (SSSR count). The molecule has 1 N–H and O–H groups in total. The molecule has 1 saturated heterocycles. The third-order valence-electron chi connectivity index (χ3n) is 2.78. The molecule has 0 aromatic heterocycles. The van der Waals surface area contributed by atoms with Gasteiger partial charge in [0.15, 0.2) is 0 Å². The highest BCUT2D eigenvalue weighted by Gasteiger charge is 2.30. The Balaban J connectivity index is 2.74. The third-order valence-corrected chi connectivity index (χ3v) is 2.78. The van der Waals surface area contributed by atoms with Crippen molar-refractivity contribution in [3.05, 3.63) is 0 Å². The van der Waals surface area contributed by atoms with Gasteiger partial charge in [-0.05, 0) is 20.0 Å². The van der Waals surface area contributed by atoms with E-state index in [2.05, 4.69) is 17.1 Å². The summed E-state index contributed by atoms with van der Waals surface area (Å²) in [5.74, 6) is 0.780. The van der Waals surface area contributed by atoms with Gasteiger partial charge >= 0.3 is 0 Å². The van der Waals surface area contributed by atoms with Crippen molar-refractivity contribution in [3.8, 4) is 0 Å². The van der Waals surface area contributed by atoms with Crippen molar-refractivity contribution in [1.82, 2.24) is 15.1 Å². The van der Waals surface area contributed by atoms with Gasteiger partial charge < -0.3 is 10.2 Å². The second-order valence-electron chi connectivity index (χ2n) is 4.34.